The summed E-state index contributed by atoms with van der Waals surface area (Å²) in [6.07, 6.45) is 2.27. The van der Waals surface area contributed by atoms with Crippen molar-refractivity contribution < 1.29 is 19.4 Å². The Morgan fingerprint density at radius 2 is 1.94 bits per heavy atom. The molecule has 0 aliphatic carbocycles. The lowest BCUT2D eigenvalue weighted by molar-refractivity contribution is -0.143. The van der Waals surface area contributed by atoms with Crippen LogP contribution in [0.25, 0.3) is 11.4 Å². The monoisotopic (exact) mass is 429 g/mol. The predicted molar refractivity (Wildman–Crippen MR) is 119 cm³/mol. The number of hydrogen-bond acceptors (Lipinski definition) is 5. The Bertz CT molecular complexity index is 984. The van der Waals surface area contributed by atoms with Gasteiger partial charge in [-0.2, -0.15) is 0 Å². The quantitative estimate of drug-likeness (QED) is 0.500. The van der Waals surface area contributed by atoms with Crippen molar-refractivity contribution in [1.82, 2.24) is 9.97 Å². The minimum absolute atomic E-state index is 0.116. The van der Waals surface area contributed by atoms with Gasteiger partial charge < -0.3 is 20.1 Å². The van der Waals surface area contributed by atoms with E-state index in [2.05, 4.69) is 15.3 Å². The van der Waals surface area contributed by atoms with E-state index < -0.39 is 11.9 Å². The lowest BCUT2D eigenvalue weighted by Crippen LogP contribution is -2.21. The highest BCUT2D eigenvalue weighted by Crippen LogP contribution is 2.31. The predicted octanol–water partition coefficient (Wildman–Crippen LogP) is 3.79. The van der Waals surface area contributed by atoms with Crippen molar-refractivity contribution in [2.75, 3.05) is 11.9 Å². The molecule has 0 saturated carbocycles. The molecule has 1 amide bonds. The topological polar surface area (TPSA) is 121 Å². The minimum atomic E-state index is -0.994. The standard InChI is InChI=1S/C23H31N3O5/c1-5-11-31-19-10-9-15(24-20(27)12-14(6-2)23(29)30)13-17(19)21-25-18(8-4)16(7-3)22(28)26-21/h9-10,13-14H,5-8,11-12H2,1-4H3,(H,24,27)(H,29,30)(H,25,26,28). The summed E-state index contributed by atoms with van der Waals surface area (Å²) in [6.45, 7) is 8.08. The number of amides is 1. The zero-order chi connectivity index (χ0) is 23.0. The van der Waals surface area contributed by atoms with Gasteiger partial charge in [-0.05, 0) is 43.9 Å². The Kier molecular flexibility index (Phi) is 8.78. The molecule has 0 aliphatic rings. The Balaban J connectivity index is 2.43. The third kappa shape index (κ3) is 6.16. The highest BCUT2D eigenvalue weighted by molar-refractivity contribution is 5.93. The third-order valence-corrected chi connectivity index (χ3v) is 5.04. The molecule has 8 nitrogen and oxygen atoms in total. The van der Waals surface area contributed by atoms with E-state index in [-0.39, 0.29) is 17.9 Å². The number of hydrogen-bond donors (Lipinski definition) is 3. The molecule has 2 aromatic rings. The van der Waals surface area contributed by atoms with Crippen LogP contribution >= 0.6 is 0 Å². The number of nitrogens with zero attached hydrogens (tertiary/aromatic N) is 1. The number of rotatable bonds is 11. The van der Waals surface area contributed by atoms with Gasteiger partial charge in [0.15, 0.2) is 0 Å². The maximum Gasteiger partial charge on any atom is 0.307 e. The molecule has 0 bridgehead atoms. The second-order valence-corrected chi connectivity index (χ2v) is 7.30. The number of carbonyl (C=O) groups excluding carboxylic acids is 1. The fourth-order valence-electron chi connectivity index (χ4n) is 3.30. The maximum absolute atomic E-state index is 12.6. The Morgan fingerprint density at radius 3 is 2.52 bits per heavy atom. The van der Waals surface area contributed by atoms with Gasteiger partial charge in [0, 0.05) is 17.7 Å². The highest BCUT2D eigenvalue weighted by Gasteiger charge is 2.20. The zero-order valence-electron chi connectivity index (χ0n) is 18.6. The van der Waals surface area contributed by atoms with E-state index in [0.29, 0.717) is 54.3 Å². The molecule has 1 aromatic heterocycles. The average molecular weight is 430 g/mol. The van der Waals surface area contributed by atoms with E-state index in [1.165, 1.54) is 0 Å². The summed E-state index contributed by atoms with van der Waals surface area (Å²) >= 11 is 0. The molecule has 8 heteroatoms. The lowest BCUT2D eigenvalue weighted by atomic mass is 10.0. The molecule has 1 unspecified atom stereocenters. The van der Waals surface area contributed by atoms with Gasteiger partial charge in [-0.1, -0.05) is 27.7 Å². The van der Waals surface area contributed by atoms with Crippen LogP contribution in [0.2, 0.25) is 0 Å². The van der Waals surface area contributed by atoms with Gasteiger partial charge in [0.2, 0.25) is 5.91 Å². The SMILES string of the molecule is CCCOc1ccc(NC(=O)CC(CC)C(=O)O)cc1-c1nc(CC)c(CC)c(=O)[nH]1. The van der Waals surface area contributed by atoms with Crippen molar-refractivity contribution in [3.8, 4) is 17.1 Å². The first-order chi connectivity index (χ1) is 14.8. The van der Waals surface area contributed by atoms with Crippen LogP contribution in [0.4, 0.5) is 5.69 Å². The number of aliphatic carboxylic acids is 1. The average Bonchev–Trinajstić information content (AvgIpc) is 2.75. The lowest BCUT2D eigenvalue weighted by Gasteiger charge is -2.15. The first-order valence-electron chi connectivity index (χ1n) is 10.8. The number of aromatic amines is 1. The van der Waals surface area contributed by atoms with Gasteiger partial charge in [-0.15, -0.1) is 0 Å². The fraction of sp³-hybridized carbons (Fsp3) is 0.478. The van der Waals surface area contributed by atoms with E-state index in [1.54, 1.807) is 25.1 Å². The van der Waals surface area contributed by atoms with Gasteiger partial charge >= 0.3 is 5.97 Å². The molecule has 0 fully saturated rings. The smallest absolute Gasteiger partial charge is 0.307 e. The van der Waals surface area contributed by atoms with Crippen LogP contribution in [0.1, 0.15) is 58.2 Å². The number of ether oxygens (including phenoxy) is 1. The van der Waals surface area contributed by atoms with Crippen molar-refractivity contribution in [3.63, 3.8) is 0 Å². The number of aromatic nitrogens is 2. The highest BCUT2D eigenvalue weighted by atomic mass is 16.5. The van der Waals surface area contributed by atoms with Crippen molar-refractivity contribution in [2.24, 2.45) is 5.92 Å². The third-order valence-electron chi connectivity index (χ3n) is 5.04. The molecule has 0 saturated heterocycles. The Hall–Kier alpha value is -3.16. The summed E-state index contributed by atoms with van der Waals surface area (Å²) < 4.78 is 5.83. The number of benzene rings is 1. The molecular weight excluding hydrogens is 398 g/mol. The number of carboxylic acids is 1. The van der Waals surface area contributed by atoms with Gasteiger partial charge in [0.05, 0.1) is 23.8 Å². The van der Waals surface area contributed by atoms with Gasteiger partial charge in [-0.3, -0.25) is 14.4 Å². The Morgan fingerprint density at radius 1 is 1.19 bits per heavy atom. The van der Waals surface area contributed by atoms with Gasteiger partial charge in [0.25, 0.3) is 5.56 Å². The van der Waals surface area contributed by atoms with E-state index in [1.807, 2.05) is 20.8 Å². The second kappa shape index (κ2) is 11.3. The number of carboxylic acid groups (broad SMARTS) is 1. The van der Waals surface area contributed by atoms with Crippen LogP contribution in [0.3, 0.4) is 0 Å². The number of anilines is 1. The number of nitrogens with one attached hydrogen (secondary N) is 2. The van der Waals surface area contributed by atoms with Crippen LogP contribution < -0.4 is 15.6 Å². The summed E-state index contributed by atoms with van der Waals surface area (Å²) in [4.78, 5) is 43.6. The van der Waals surface area contributed by atoms with E-state index in [0.717, 1.165) is 12.1 Å². The molecule has 0 spiro atoms. The summed E-state index contributed by atoms with van der Waals surface area (Å²) in [5, 5.41) is 11.9. The zero-order valence-corrected chi connectivity index (χ0v) is 18.6. The fourth-order valence-corrected chi connectivity index (χ4v) is 3.30. The molecule has 1 aromatic carbocycles. The molecule has 1 atom stereocenters. The van der Waals surface area contributed by atoms with Crippen LogP contribution in [-0.4, -0.2) is 33.6 Å². The van der Waals surface area contributed by atoms with E-state index in [9.17, 15) is 19.5 Å². The van der Waals surface area contributed by atoms with E-state index in [4.69, 9.17) is 4.74 Å². The molecule has 0 aliphatic heterocycles. The molecule has 2 rings (SSSR count). The maximum atomic E-state index is 12.6. The number of H-pyrrole nitrogens is 1. The Labute approximate surface area is 182 Å². The molecule has 1 heterocycles. The first-order valence-corrected chi connectivity index (χ1v) is 10.8. The molecule has 168 valence electrons. The van der Waals surface area contributed by atoms with Crippen molar-refractivity contribution in [2.45, 2.75) is 59.8 Å². The first kappa shape index (κ1) is 24.1. The van der Waals surface area contributed by atoms with Crippen LogP contribution in [0, 0.1) is 5.92 Å². The van der Waals surface area contributed by atoms with Crippen LogP contribution in [0.15, 0.2) is 23.0 Å². The molecule has 3 N–H and O–H groups in total. The molecular formula is C23H31N3O5. The molecule has 31 heavy (non-hydrogen) atoms. The minimum Gasteiger partial charge on any atom is -0.493 e. The van der Waals surface area contributed by atoms with Crippen LogP contribution in [-0.2, 0) is 22.4 Å². The van der Waals surface area contributed by atoms with Gasteiger partial charge in [-0.25, -0.2) is 4.98 Å². The number of carbonyl (C=O) groups is 2. The normalized spacial score (nSPS) is 11.7. The van der Waals surface area contributed by atoms with Crippen molar-refractivity contribution in [3.05, 3.63) is 39.8 Å². The summed E-state index contributed by atoms with van der Waals surface area (Å²) in [7, 11) is 0. The van der Waals surface area contributed by atoms with Gasteiger partial charge in [0.1, 0.15) is 11.6 Å². The second-order valence-electron chi connectivity index (χ2n) is 7.30. The summed E-state index contributed by atoms with van der Waals surface area (Å²) in [5.41, 5.74) is 2.23. The summed E-state index contributed by atoms with van der Waals surface area (Å²) in [5.74, 6) is -1.20. The van der Waals surface area contributed by atoms with Crippen molar-refractivity contribution >= 4 is 17.6 Å². The number of aryl methyl sites for hydroxylation is 1. The van der Waals surface area contributed by atoms with Crippen LogP contribution in [0.5, 0.6) is 5.75 Å². The largest absolute Gasteiger partial charge is 0.493 e. The molecule has 0 radical (unpaired) electrons. The van der Waals surface area contributed by atoms with E-state index >= 15 is 0 Å². The van der Waals surface area contributed by atoms with Crippen molar-refractivity contribution in [1.29, 1.82) is 0 Å². The summed E-state index contributed by atoms with van der Waals surface area (Å²) in [6, 6.07) is 5.09.